The van der Waals surface area contributed by atoms with Crippen LogP contribution in [0.4, 0.5) is 0 Å². The van der Waals surface area contributed by atoms with E-state index in [-0.39, 0.29) is 5.91 Å². The fraction of sp³-hybridized carbons (Fsp3) is 0.667. The van der Waals surface area contributed by atoms with Gasteiger partial charge in [-0.1, -0.05) is 5.16 Å². The molecule has 1 N–H and O–H groups in total. The number of hydrogen-bond donors (Lipinski definition) is 1. The highest BCUT2D eigenvalue weighted by Crippen LogP contribution is 2.12. The van der Waals surface area contributed by atoms with Crippen molar-refractivity contribution in [2.45, 2.75) is 19.0 Å². The van der Waals surface area contributed by atoms with Gasteiger partial charge in [0.15, 0.2) is 5.76 Å². The molecule has 2 heterocycles. The van der Waals surface area contributed by atoms with Gasteiger partial charge in [0.05, 0.1) is 19.3 Å². The fourth-order valence-electron chi connectivity index (χ4n) is 2.16. The molecule has 1 aromatic rings. The molecule has 1 atom stereocenters. The first-order chi connectivity index (χ1) is 8.65. The van der Waals surface area contributed by atoms with E-state index in [9.17, 15) is 4.79 Å². The zero-order valence-electron chi connectivity index (χ0n) is 10.9. The molecular weight excluding hydrogens is 232 g/mol. The molecule has 1 amide bonds. The van der Waals surface area contributed by atoms with Crippen LogP contribution >= 0.6 is 0 Å². The minimum Gasteiger partial charge on any atom is -0.360 e. The molecule has 1 saturated heterocycles. The largest absolute Gasteiger partial charge is 0.360 e. The Bertz CT molecular complexity index is 377. The Labute approximate surface area is 107 Å². The van der Waals surface area contributed by atoms with Crippen LogP contribution < -0.4 is 5.32 Å². The van der Waals surface area contributed by atoms with Crippen LogP contribution in [0.15, 0.2) is 16.8 Å². The normalized spacial score (nSPS) is 20.5. The van der Waals surface area contributed by atoms with Crippen molar-refractivity contribution in [3.8, 4) is 0 Å². The van der Waals surface area contributed by atoms with Crippen LogP contribution in [-0.2, 0) is 11.3 Å². The molecule has 100 valence electrons. The Morgan fingerprint density at radius 3 is 3.11 bits per heavy atom. The minimum atomic E-state index is 0.0332. The first-order valence-corrected chi connectivity index (χ1v) is 6.20. The number of hydrogen-bond acceptors (Lipinski definition) is 5. The zero-order valence-corrected chi connectivity index (χ0v) is 10.9. The van der Waals surface area contributed by atoms with Gasteiger partial charge in [-0.25, -0.2) is 0 Å². The molecule has 1 unspecified atom stereocenters. The number of aromatic nitrogens is 1. The number of carbonyl (C=O) groups is 1. The summed E-state index contributed by atoms with van der Waals surface area (Å²) in [6.45, 7) is 2.81. The molecule has 6 nitrogen and oxygen atoms in total. The zero-order chi connectivity index (χ0) is 13.0. The molecule has 0 radical (unpaired) electrons. The highest BCUT2D eigenvalue weighted by atomic mass is 16.5. The predicted octanol–water partition coefficient (Wildman–Crippen LogP) is -0.0733. The summed E-state index contributed by atoms with van der Waals surface area (Å²) in [5.41, 5.74) is 0. The first kappa shape index (κ1) is 13.0. The van der Waals surface area contributed by atoms with Gasteiger partial charge in [0.25, 0.3) is 0 Å². The van der Waals surface area contributed by atoms with Crippen molar-refractivity contribution in [3.63, 3.8) is 0 Å². The molecule has 0 saturated carbocycles. The predicted molar refractivity (Wildman–Crippen MR) is 66.9 cm³/mol. The summed E-state index contributed by atoms with van der Waals surface area (Å²) in [6.07, 6.45) is 2.70. The lowest BCUT2D eigenvalue weighted by Gasteiger charge is -2.19. The molecule has 1 fully saturated rings. The van der Waals surface area contributed by atoms with Crippen molar-refractivity contribution in [1.82, 2.24) is 20.3 Å². The van der Waals surface area contributed by atoms with Crippen molar-refractivity contribution in [2.24, 2.45) is 0 Å². The van der Waals surface area contributed by atoms with Gasteiger partial charge in [0, 0.05) is 25.2 Å². The van der Waals surface area contributed by atoms with E-state index in [0.717, 1.165) is 19.5 Å². The topological polar surface area (TPSA) is 61.6 Å². The summed E-state index contributed by atoms with van der Waals surface area (Å²) in [4.78, 5) is 16.1. The molecule has 18 heavy (non-hydrogen) atoms. The van der Waals surface area contributed by atoms with Crippen molar-refractivity contribution in [1.29, 1.82) is 0 Å². The lowest BCUT2D eigenvalue weighted by molar-refractivity contribution is -0.122. The summed E-state index contributed by atoms with van der Waals surface area (Å²) in [7, 11) is 4.16. The average Bonchev–Trinajstić information content (AvgIpc) is 2.96. The molecule has 0 aliphatic carbocycles. The second-order valence-electron chi connectivity index (χ2n) is 4.90. The number of likely N-dealkylation sites (N-methyl/N-ethyl adjacent to an activating group) is 1. The lowest BCUT2D eigenvalue weighted by atomic mass is 10.2. The van der Waals surface area contributed by atoms with Crippen LogP contribution in [0.25, 0.3) is 0 Å². The van der Waals surface area contributed by atoms with E-state index in [2.05, 4.69) is 34.4 Å². The van der Waals surface area contributed by atoms with E-state index in [1.165, 1.54) is 0 Å². The molecule has 0 bridgehead atoms. The monoisotopic (exact) mass is 252 g/mol. The van der Waals surface area contributed by atoms with Gasteiger partial charge < -0.3 is 14.7 Å². The van der Waals surface area contributed by atoms with E-state index >= 15 is 0 Å². The van der Waals surface area contributed by atoms with Crippen molar-refractivity contribution >= 4 is 5.91 Å². The van der Waals surface area contributed by atoms with Crippen LogP contribution in [0.5, 0.6) is 0 Å². The number of amides is 1. The molecule has 1 aliphatic rings. The summed E-state index contributed by atoms with van der Waals surface area (Å²) < 4.78 is 4.92. The third kappa shape index (κ3) is 3.54. The van der Waals surface area contributed by atoms with Gasteiger partial charge in [-0.15, -0.1) is 0 Å². The van der Waals surface area contributed by atoms with Gasteiger partial charge in [-0.05, 0) is 20.5 Å². The van der Waals surface area contributed by atoms with Crippen LogP contribution in [0, 0.1) is 0 Å². The summed E-state index contributed by atoms with van der Waals surface area (Å²) in [5, 5.41) is 6.42. The van der Waals surface area contributed by atoms with Crippen molar-refractivity contribution in [3.05, 3.63) is 18.0 Å². The number of nitrogens with one attached hydrogen (secondary N) is 1. The van der Waals surface area contributed by atoms with Gasteiger partial charge in [-0.3, -0.25) is 9.69 Å². The van der Waals surface area contributed by atoms with Crippen LogP contribution in [0.1, 0.15) is 12.2 Å². The first-order valence-electron chi connectivity index (χ1n) is 6.20. The maximum absolute atomic E-state index is 11.7. The van der Waals surface area contributed by atoms with Gasteiger partial charge in [0.2, 0.25) is 5.91 Å². The second-order valence-corrected chi connectivity index (χ2v) is 4.90. The van der Waals surface area contributed by atoms with E-state index in [1.807, 2.05) is 0 Å². The Morgan fingerprint density at radius 1 is 1.67 bits per heavy atom. The summed E-state index contributed by atoms with van der Waals surface area (Å²) in [5.74, 6) is 0.710. The molecular formula is C12H20N4O2. The maximum atomic E-state index is 11.7. The second kappa shape index (κ2) is 5.97. The number of rotatable bonds is 5. The molecule has 0 spiro atoms. The van der Waals surface area contributed by atoms with Crippen molar-refractivity contribution in [2.75, 3.05) is 33.7 Å². The highest BCUT2D eigenvalue weighted by molar-refractivity contribution is 5.77. The lowest BCUT2D eigenvalue weighted by Crippen LogP contribution is -2.38. The van der Waals surface area contributed by atoms with E-state index < -0.39 is 0 Å². The SMILES string of the molecule is CN(C)C1CCN(CC(=O)NCc2ccno2)C1. The average molecular weight is 252 g/mol. The van der Waals surface area contributed by atoms with Crippen molar-refractivity contribution < 1.29 is 9.32 Å². The molecule has 1 aromatic heterocycles. The van der Waals surface area contributed by atoms with Gasteiger partial charge in [0.1, 0.15) is 0 Å². The molecule has 0 aromatic carbocycles. The Hall–Kier alpha value is -1.40. The third-order valence-electron chi connectivity index (χ3n) is 3.30. The number of carbonyl (C=O) groups excluding carboxylic acids is 1. The van der Waals surface area contributed by atoms with Gasteiger partial charge in [-0.2, -0.15) is 0 Å². The minimum absolute atomic E-state index is 0.0332. The highest BCUT2D eigenvalue weighted by Gasteiger charge is 2.25. The quantitative estimate of drug-likeness (QED) is 0.794. The Balaban J connectivity index is 1.69. The molecule has 1 aliphatic heterocycles. The van der Waals surface area contributed by atoms with E-state index in [1.54, 1.807) is 12.3 Å². The Kier molecular flexibility index (Phi) is 4.33. The smallest absolute Gasteiger partial charge is 0.234 e. The molecule has 6 heteroatoms. The summed E-state index contributed by atoms with van der Waals surface area (Å²) >= 11 is 0. The summed E-state index contributed by atoms with van der Waals surface area (Å²) in [6, 6.07) is 2.31. The third-order valence-corrected chi connectivity index (χ3v) is 3.30. The van der Waals surface area contributed by atoms with Crippen LogP contribution in [0.3, 0.4) is 0 Å². The Morgan fingerprint density at radius 2 is 2.50 bits per heavy atom. The maximum Gasteiger partial charge on any atom is 0.234 e. The number of likely N-dealkylation sites (tertiary alicyclic amines) is 1. The van der Waals surface area contributed by atoms with E-state index in [4.69, 9.17) is 4.52 Å². The number of nitrogens with zero attached hydrogens (tertiary/aromatic N) is 3. The van der Waals surface area contributed by atoms with Crippen LogP contribution in [0.2, 0.25) is 0 Å². The van der Waals surface area contributed by atoms with E-state index in [0.29, 0.717) is 24.9 Å². The fourth-order valence-corrected chi connectivity index (χ4v) is 2.16. The van der Waals surface area contributed by atoms with Gasteiger partial charge >= 0.3 is 0 Å². The standard InChI is InChI=1S/C12H20N4O2/c1-15(2)10-4-6-16(8-10)9-12(17)13-7-11-3-5-14-18-11/h3,5,10H,4,6-9H2,1-2H3,(H,13,17). The molecule has 2 rings (SSSR count). The van der Waals surface area contributed by atoms with Crippen LogP contribution in [-0.4, -0.2) is 60.6 Å².